The van der Waals surface area contributed by atoms with E-state index in [-0.39, 0.29) is 5.91 Å². The molecule has 0 bridgehead atoms. The number of halogens is 1. The van der Waals surface area contributed by atoms with Crippen molar-refractivity contribution in [3.05, 3.63) is 47.6 Å². The standard InChI is InChI=1S/C15H17ClN2O/c1-4-7-17-14(19)15(2,3)12-9-18-13-8-10(16)5-6-11(12)13/h4-6,8-9,18H,1,7H2,2-3H3,(H,17,19). The van der Waals surface area contributed by atoms with Gasteiger partial charge in [0, 0.05) is 28.7 Å². The van der Waals surface area contributed by atoms with Gasteiger partial charge in [0.05, 0.1) is 5.41 Å². The molecule has 2 rings (SSSR count). The number of fused-ring (bicyclic) bond motifs is 1. The summed E-state index contributed by atoms with van der Waals surface area (Å²) >= 11 is 5.96. The number of amides is 1. The highest BCUT2D eigenvalue weighted by molar-refractivity contribution is 6.31. The number of nitrogens with one attached hydrogen (secondary N) is 2. The SMILES string of the molecule is C=CCNC(=O)C(C)(C)c1c[nH]c2cc(Cl)ccc12. The van der Waals surface area contributed by atoms with Gasteiger partial charge in [0.1, 0.15) is 0 Å². The maximum absolute atomic E-state index is 12.2. The van der Waals surface area contributed by atoms with Crippen molar-refractivity contribution in [1.29, 1.82) is 0 Å². The molecule has 0 atom stereocenters. The molecule has 0 aliphatic heterocycles. The minimum atomic E-state index is -0.616. The van der Waals surface area contributed by atoms with E-state index in [4.69, 9.17) is 11.6 Å². The Hall–Kier alpha value is -1.74. The summed E-state index contributed by atoms with van der Waals surface area (Å²) in [6, 6.07) is 5.63. The van der Waals surface area contributed by atoms with Gasteiger partial charge < -0.3 is 10.3 Å². The van der Waals surface area contributed by atoms with E-state index in [1.165, 1.54) is 0 Å². The van der Waals surface area contributed by atoms with Gasteiger partial charge in [-0.2, -0.15) is 0 Å². The van der Waals surface area contributed by atoms with Crippen molar-refractivity contribution in [3.63, 3.8) is 0 Å². The second-order valence-corrected chi connectivity index (χ2v) is 5.45. The van der Waals surface area contributed by atoms with Gasteiger partial charge in [-0.3, -0.25) is 4.79 Å². The van der Waals surface area contributed by atoms with Crippen LogP contribution in [0.1, 0.15) is 19.4 Å². The Bertz CT molecular complexity index is 628. The molecule has 0 radical (unpaired) electrons. The normalized spacial score (nSPS) is 11.5. The Balaban J connectivity index is 2.42. The second kappa shape index (κ2) is 5.10. The fraction of sp³-hybridized carbons (Fsp3) is 0.267. The number of benzene rings is 1. The van der Waals surface area contributed by atoms with Crippen LogP contribution < -0.4 is 5.32 Å². The lowest BCUT2D eigenvalue weighted by molar-refractivity contribution is -0.125. The number of hydrogen-bond acceptors (Lipinski definition) is 1. The summed E-state index contributed by atoms with van der Waals surface area (Å²) in [6.45, 7) is 7.88. The minimum Gasteiger partial charge on any atom is -0.361 e. The maximum Gasteiger partial charge on any atom is 0.230 e. The van der Waals surface area contributed by atoms with E-state index in [0.29, 0.717) is 11.6 Å². The van der Waals surface area contributed by atoms with Crippen LogP contribution in [-0.4, -0.2) is 17.4 Å². The molecule has 0 saturated carbocycles. The number of aromatic nitrogens is 1. The third kappa shape index (κ3) is 2.51. The van der Waals surface area contributed by atoms with Gasteiger partial charge in [-0.15, -0.1) is 6.58 Å². The van der Waals surface area contributed by atoms with Crippen LogP contribution >= 0.6 is 11.6 Å². The Morgan fingerprint density at radius 2 is 2.26 bits per heavy atom. The van der Waals surface area contributed by atoms with E-state index in [1.54, 1.807) is 6.08 Å². The van der Waals surface area contributed by atoms with Gasteiger partial charge in [-0.05, 0) is 31.5 Å². The summed E-state index contributed by atoms with van der Waals surface area (Å²) in [6.07, 6.45) is 3.54. The predicted octanol–water partition coefficient (Wildman–Crippen LogP) is 3.40. The first-order valence-corrected chi connectivity index (χ1v) is 6.51. The number of hydrogen-bond donors (Lipinski definition) is 2. The molecule has 0 aliphatic carbocycles. The fourth-order valence-corrected chi connectivity index (χ4v) is 2.30. The second-order valence-electron chi connectivity index (χ2n) is 5.02. The number of carbonyl (C=O) groups is 1. The van der Waals surface area contributed by atoms with Gasteiger partial charge in [0.25, 0.3) is 0 Å². The van der Waals surface area contributed by atoms with E-state index in [0.717, 1.165) is 16.5 Å². The molecule has 0 aliphatic rings. The first-order chi connectivity index (χ1) is 8.96. The Morgan fingerprint density at radius 1 is 1.53 bits per heavy atom. The van der Waals surface area contributed by atoms with Crippen molar-refractivity contribution in [2.75, 3.05) is 6.54 Å². The average molecular weight is 277 g/mol. The van der Waals surface area contributed by atoms with Gasteiger partial charge in [-0.25, -0.2) is 0 Å². The van der Waals surface area contributed by atoms with Crippen molar-refractivity contribution in [1.82, 2.24) is 10.3 Å². The van der Waals surface area contributed by atoms with Gasteiger partial charge in [0.2, 0.25) is 5.91 Å². The first kappa shape index (κ1) is 13.7. The molecule has 3 nitrogen and oxygen atoms in total. The predicted molar refractivity (Wildman–Crippen MR) is 79.5 cm³/mol. The van der Waals surface area contributed by atoms with Crippen LogP contribution in [0.3, 0.4) is 0 Å². The lowest BCUT2D eigenvalue weighted by Gasteiger charge is -2.23. The third-order valence-electron chi connectivity index (χ3n) is 3.29. The average Bonchev–Trinajstić information content (AvgIpc) is 2.79. The van der Waals surface area contributed by atoms with Crippen molar-refractivity contribution >= 4 is 28.4 Å². The van der Waals surface area contributed by atoms with Crippen molar-refractivity contribution < 1.29 is 4.79 Å². The number of H-pyrrole nitrogens is 1. The molecular formula is C15H17ClN2O. The van der Waals surface area contributed by atoms with Crippen molar-refractivity contribution in [2.45, 2.75) is 19.3 Å². The smallest absolute Gasteiger partial charge is 0.230 e. The molecule has 0 saturated heterocycles. The topological polar surface area (TPSA) is 44.9 Å². The zero-order chi connectivity index (χ0) is 14.0. The fourth-order valence-electron chi connectivity index (χ4n) is 2.12. The van der Waals surface area contributed by atoms with Gasteiger partial charge >= 0.3 is 0 Å². The van der Waals surface area contributed by atoms with Gasteiger partial charge in [-0.1, -0.05) is 23.7 Å². The molecular weight excluding hydrogens is 260 g/mol. The quantitative estimate of drug-likeness (QED) is 0.826. The highest BCUT2D eigenvalue weighted by atomic mass is 35.5. The molecule has 0 fully saturated rings. The molecule has 19 heavy (non-hydrogen) atoms. The Morgan fingerprint density at radius 3 is 2.95 bits per heavy atom. The van der Waals surface area contributed by atoms with Crippen molar-refractivity contribution in [2.24, 2.45) is 0 Å². The molecule has 0 unspecified atom stereocenters. The van der Waals surface area contributed by atoms with Crippen LogP contribution in [0, 0.1) is 0 Å². The van der Waals surface area contributed by atoms with Crippen LogP contribution in [0.2, 0.25) is 5.02 Å². The summed E-state index contributed by atoms with van der Waals surface area (Å²) in [5.41, 5.74) is 1.28. The summed E-state index contributed by atoms with van der Waals surface area (Å²) in [5.74, 6) is -0.0248. The molecule has 1 aromatic heterocycles. The molecule has 1 heterocycles. The van der Waals surface area contributed by atoms with E-state index < -0.39 is 5.41 Å². The molecule has 1 aromatic carbocycles. The zero-order valence-electron chi connectivity index (χ0n) is 11.1. The Labute approximate surface area is 117 Å². The monoisotopic (exact) mass is 276 g/mol. The maximum atomic E-state index is 12.2. The molecule has 1 amide bonds. The molecule has 100 valence electrons. The van der Waals surface area contributed by atoms with Crippen LogP contribution in [0.4, 0.5) is 0 Å². The van der Waals surface area contributed by atoms with Crippen LogP contribution in [0.5, 0.6) is 0 Å². The molecule has 0 spiro atoms. The molecule has 2 aromatic rings. The lowest BCUT2D eigenvalue weighted by Crippen LogP contribution is -2.40. The van der Waals surface area contributed by atoms with Crippen LogP contribution in [0.15, 0.2) is 37.1 Å². The highest BCUT2D eigenvalue weighted by Gasteiger charge is 2.31. The summed E-state index contributed by atoms with van der Waals surface area (Å²) in [5, 5.41) is 4.53. The number of aromatic amines is 1. The Kier molecular flexibility index (Phi) is 3.67. The van der Waals surface area contributed by atoms with E-state index in [2.05, 4.69) is 16.9 Å². The number of carbonyl (C=O) groups excluding carboxylic acids is 1. The van der Waals surface area contributed by atoms with E-state index in [9.17, 15) is 4.79 Å². The summed E-state index contributed by atoms with van der Waals surface area (Å²) in [7, 11) is 0. The highest BCUT2D eigenvalue weighted by Crippen LogP contribution is 2.31. The molecule has 2 N–H and O–H groups in total. The molecule has 4 heteroatoms. The number of rotatable bonds is 4. The van der Waals surface area contributed by atoms with E-state index in [1.807, 2.05) is 38.2 Å². The zero-order valence-corrected chi connectivity index (χ0v) is 11.8. The lowest BCUT2D eigenvalue weighted by atomic mass is 9.83. The van der Waals surface area contributed by atoms with E-state index >= 15 is 0 Å². The first-order valence-electron chi connectivity index (χ1n) is 6.13. The summed E-state index contributed by atoms with van der Waals surface area (Å²) in [4.78, 5) is 15.4. The summed E-state index contributed by atoms with van der Waals surface area (Å²) < 4.78 is 0. The largest absolute Gasteiger partial charge is 0.361 e. The third-order valence-corrected chi connectivity index (χ3v) is 3.53. The van der Waals surface area contributed by atoms with Crippen LogP contribution in [-0.2, 0) is 10.2 Å². The van der Waals surface area contributed by atoms with Crippen molar-refractivity contribution in [3.8, 4) is 0 Å². The minimum absolute atomic E-state index is 0.0248. The van der Waals surface area contributed by atoms with Crippen LogP contribution in [0.25, 0.3) is 10.9 Å². The van der Waals surface area contributed by atoms with Gasteiger partial charge in [0.15, 0.2) is 0 Å².